The van der Waals surface area contributed by atoms with Gasteiger partial charge in [-0.1, -0.05) is 63.7 Å². The van der Waals surface area contributed by atoms with Crippen LogP contribution in [-0.2, 0) is 6.42 Å². The van der Waals surface area contributed by atoms with Gasteiger partial charge in [0.1, 0.15) is 0 Å². The van der Waals surface area contributed by atoms with E-state index in [1.54, 1.807) is 11.8 Å². The normalized spacial score (nSPS) is 15.0. The van der Waals surface area contributed by atoms with E-state index in [9.17, 15) is 10.2 Å². The minimum absolute atomic E-state index is 0.430. The first-order chi connectivity index (χ1) is 15.5. The number of nitrogens with zero attached hydrogens (tertiary/aromatic N) is 2. The van der Waals surface area contributed by atoms with Crippen LogP contribution in [0.15, 0.2) is 46.2 Å². The first kappa shape index (κ1) is 25.3. The molecule has 0 aromatic heterocycles. The molecule has 4 nitrogen and oxygen atoms in total. The van der Waals surface area contributed by atoms with Crippen LogP contribution in [0.3, 0.4) is 0 Å². The minimum atomic E-state index is -0.430. The van der Waals surface area contributed by atoms with Gasteiger partial charge in [-0.3, -0.25) is 0 Å². The van der Waals surface area contributed by atoms with Gasteiger partial charge in [0.2, 0.25) is 0 Å². The molecule has 0 fully saturated rings. The van der Waals surface area contributed by atoms with Crippen LogP contribution in [0.5, 0.6) is 0 Å². The van der Waals surface area contributed by atoms with Crippen LogP contribution in [0.1, 0.15) is 75.0 Å². The molecule has 0 amide bonds. The molecule has 2 aromatic rings. The second-order valence-electron chi connectivity index (χ2n) is 8.68. The lowest BCUT2D eigenvalue weighted by Crippen LogP contribution is -2.25. The number of hydrogen-bond donors (Lipinski definition) is 2. The van der Waals surface area contributed by atoms with Crippen LogP contribution in [-0.4, -0.2) is 59.3 Å². The molecule has 0 radical (unpaired) electrons. The maximum Gasteiger partial charge on any atom is 0.0802 e. The Hall–Kier alpha value is -1.37. The van der Waals surface area contributed by atoms with E-state index in [-0.39, 0.29) is 0 Å². The Bertz CT molecular complexity index is 795. The standard InChI is InChI=1S/C27H40N2O2S/c1-5-28(6-2)15-13-24(30)20-9-11-26-22(17-20)19-23-18-21(10-12-27(23)32-26)25(31)14-16-29(7-3)8-4/h9-12,17-18,24-25,30-31H,5-8,13-16,19H2,1-4H3. The van der Waals surface area contributed by atoms with Gasteiger partial charge < -0.3 is 20.0 Å². The Morgan fingerprint density at radius 1 is 0.719 bits per heavy atom. The quantitative estimate of drug-likeness (QED) is 0.389. The zero-order valence-electron chi connectivity index (χ0n) is 20.2. The third-order valence-corrected chi connectivity index (χ3v) is 8.00. The number of benzene rings is 2. The lowest BCUT2D eigenvalue weighted by Gasteiger charge is -2.24. The highest BCUT2D eigenvalue weighted by molar-refractivity contribution is 7.99. The Labute approximate surface area is 198 Å². The predicted molar refractivity (Wildman–Crippen MR) is 135 cm³/mol. The summed E-state index contributed by atoms with van der Waals surface area (Å²) in [4.78, 5) is 7.24. The molecule has 2 aromatic carbocycles. The van der Waals surface area contributed by atoms with E-state index in [0.29, 0.717) is 0 Å². The molecule has 0 saturated carbocycles. The van der Waals surface area contributed by atoms with Gasteiger partial charge in [-0.05, 0) is 79.8 Å². The molecule has 3 rings (SSSR count). The number of rotatable bonds is 12. The molecule has 0 bridgehead atoms. The smallest absolute Gasteiger partial charge is 0.0802 e. The molecule has 5 heteroatoms. The molecule has 2 unspecified atom stereocenters. The van der Waals surface area contributed by atoms with Gasteiger partial charge in [0.25, 0.3) is 0 Å². The second-order valence-corrected chi connectivity index (χ2v) is 9.76. The van der Waals surface area contributed by atoms with E-state index in [4.69, 9.17) is 0 Å². The number of hydrogen-bond acceptors (Lipinski definition) is 5. The van der Waals surface area contributed by atoms with E-state index >= 15 is 0 Å². The molecule has 2 N–H and O–H groups in total. The van der Waals surface area contributed by atoms with E-state index in [1.807, 2.05) is 0 Å². The summed E-state index contributed by atoms with van der Waals surface area (Å²) < 4.78 is 0. The third kappa shape index (κ3) is 6.36. The predicted octanol–water partition coefficient (Wildman–Crippen LogP) is 5.27. The summed E-state index contributed by atoms with van der Waals surface area (Å²) in [5.41, 5.74) is 4.57. The average molecular weight is 457 g/mol. The highest BCUT2D eigenvalue weighted by Gasteiger charge is 2.20. The van der Waals surface area contributed by atoms with Crippen molar-refractivity contribution >= 4 is 11.8 Å². The van der Waals surface area contributed by atoms with Gasteiger partial charge in [-0.2, -0.15) is 0 Å². The first-order valence-corrected chi connectivity index (χ1v) is 13.0. The average Bonchev–Trinajstić information content (AvgIpc) is 2.82. The lowest BCUT2D eigenvalue weighted by molar-refractivity contribution is 0.145. The van der Waals surface area contributed by atoms with Gasteiger partial charge in [-0.25, -0.2) is 0 Å². The largest absolute Gasteiger partial charge is 0.388 e. The summed E-state index contributed by atoms with van der Waals surface area (Å²) in [6.45, 7) is 14.6. The molecule has 176 valence electrons. The van der Waals surface area contributed by atoms with Gasteiger partial charge in [-0.15, -0.1) is 0 Å². The molecule has 1 aliphatic heterocycles. The van der Waals surface area contributed by atoms with E-state index in [0.717, 1.165) is 69.7 Å². The van der Waals surface area contributed by atoms with Crippen molar-refractivity contribution in [2.24, 2.45) is 0 Å². The summed E-state index contributed by atoms with van der Waals surface area (Å²) in [5, 5.41) is 21.5. The Kier molecular flexibility index (Phi) is 9.62. The molecule has 0 saturated heterocycles. The number of fused-ring (bicyclic) bond motifs is 2. The SMILES string of the molecule is CCN(CC)CCC(O)c1ccc2c(c1)Cc1cc(C(O)CCN(CC)CC)ccc1S2. The molecule has 2 atom stereocenters. The maximum absolute atomic E-state index is 10.7. The van der Waals surface area contributed by atoms with Crippen LogP contribution in [0, 0.1) is 0 Å². The van der Waals surface area contributed by atoms with Crippen LogP contribution >= 0.6 is 11.8 Å². The van der Waals surface area contributed by atoms with Crippen molar-refractivity contribution in [3.63, 3.8) is 0 Å². The molecule has 1 aliphatic rings. The Morgan fingerprint density at radius 2 is 1.12 bits per heavy atom. The van der Waals surface area contributed by atoms with Crippen molar-refractivity contribution in [3.8, 4) is 0 Å². The van der Waals surface area contributed by atoms with E-state index < -0.39 is 12.2 Å². The van der Waals surface area contributed by atoms with Crippen molar-refractivity contribution in [2.75, 3.05) is 39.3 Å². The van der Waals surface area contributed by atoms with Gasteiger partial charge in [0, 0.05) is 22.9 Å². The Morgan fingerprint density at radius 3 is 1.50 bits per heavy atom. The zero-order chi connectivity index (χ0) is 23.1. The van der Waals surface area contributed by atoms with Crippen LogP contribution in [0.2, 0.25) is 0 Å². The number of aliphatic hydroxyl groups is 2. The van der Waals surface area contributed by atoms with Crippen molar-refractivity contribution in [1.82, 2.24) is 9.80 Å². The fourth-order valence-corrected chi connectivity index (χ4v) is 5.47. The summed E-state index contributed by atoms with van der Waals surface area (Å²) in [6.07, 6.45) is 1.51. The van der Waals surface area contributed by atoms with Crippen LogP contribution in [0.4, 0.5) is 0 Å². The van der Waals surface area contributed by atoms with Crippen LogP contribution in [0.25, 0.3) is 0 Å². The van der Waals surface area contributed by atoms with E-state index in [2.05, 4.69) is 73.9 Å². The molecule has 0 spiro atoms. The highest BCUT2D eigenvalue weighted by Crippen LogP contribution is 2.41. The fraction of sp³-hybridized carbons (Fsp3) is 0.556. The van der Waals surface area contributed by atoms with Crippen molar-refractivity contribution in [2.45, 2.75) is 69.0 Å². The second kappa shape index (κ2) is 12.2. The van der Waals surface area contributed by atoms with Crippen molar-refractivity contribution in [1.29, 1.82) is 0 Å². The maximum atomic E-state index is 10.7. The first-order valence-electron chi connectivity index (χ1n) is 12.2. The van der Waals surface area contributed by atoms with Gasteiger partial charge >= 0.3 is 0 Å². The monoisotopic (exact) mass is 456 g/mol. The van der Waals surface area contributed by atoms with Crippen LogP contribution < -0.4 is 0 Å². The fourth-order valence-electron chi connectivity index (χ4n) is 4.44. The topological polar surface area (TPSA) is 46.9 Å². The molecular formula is C27H40N2O2S. The summed E-state index contributed by atoms with van der Waals surface area (Å²) in [6, 6.07) is 12.8. The Balaban J connectivity index is 1.68. The summed E-state index contributed by atoms with van der Waals surface area (Å²) in [5.74, 6) is 0. The summed E-state index contributed by atoms with van der Waals surface area (Å²) in [7, 11) is 0. The van der Waals surface area contributed by atoms with Crippen molar-refractivity contribution < 1.29 is 10.2 Å². The third-order valence-electron chi connectivity index (χ3n) is 6.77. The molecular weight excluding hydrogens is 416 g/mol. The minimum Gasteiger partial charge on any atom is -0.388 e. The molecule has 0 aliphatic carbocycles. The molecule has 1 heterocycles. The summed E-state index contributed by atoms with van der Waals surface area (Å²) >= 11 is 1.79. The van der Waals surface area contributed by atoms with Crippen molar-refractivity contribution in [3.05, 3.63) is 58.7 Å². The van der Waals surface area contributed by atoms with Gasteiger partial charge in [0.05, 0.1) is 12.2 Å². The lowest BCUT2D eigenvalue weighted by atomic mass is 9.96. The molecule has 32 heavy (non-hydrogen) atoms. The zero-order valence-corrected chi connectivity index (χ0v) is 21.0. The van der Waals surface area contributed by atoms with E-state index in [1.165, 1.54) is 20.9 Å². The van der Waals surface area contributed by atoms with Gasteiger partial charge in [0.15, 0.2) is 0 Å². The highest BCUT2D eigenvalue weighted by atomic mass is 32.2. The number of aliphatic hydroxyl groups excluding tert-OH is 2.